The molecule has 0 heterocycles. The molecule has 8 heteroatoms. The number of benzene rings is 2. The van der Waals surface area contributed by atoms with Crippen molar-refractivity contribution < 1.29 is 28.5 Å². The minimum atomic E-state index is -0.476. The lowest BCUT2D eigenvalue weighted by Crippen LogP contribution is -2.17. The number of nitrogens with zero attached hydrogens (tertiary/aromatic N) is 1. The van der Waals surface area contributed by atoms with Crippen LogP contribution in [-0.4, -0.2) is 46.0 Å². The van der Waals surface area contributed by atoms with Crippen molar-refractivity contribution in [2.75, 3.05) is 27.9 Å². The van der Waals surface area contributed by atoms with E-state index in [-0.39, 0.29) is 6.61 Å². The van der Waals surface area contributed by atoms with E-state index in [4.69, 9.17) is 14.2 Å². The van der Waals surface area contributed by atoms with Crippen LogP contribution in [0.3, 0.4) is 0 Å². The van der Waals surface area contributed by atoms with Crippen molar-refractivity contribution in [2.24, 2.45) is 5.10 Å². The number of hydrazone groups is 1. The highest BCUT2D eigenvalue weighted by Gasteiger charge is 2.10. The number of esters is 1. The number of methoxy groups -OCH3 is 3. The maximum Gasteiger partial charge on any atom is 0.343 e. The second kappa shape index (κ2) is 9.81. The zero-order valence-corrected chi connectivity index (χ0v) is 15.2. The van der Waals surface area contributed by atoms with Crippen LogP contribution in [0.25, 0.3) is 0 Å². The average molecular weight is 372 g/mol. The Balaban J connectivity index is 1.98. The summed E-state index contributed by atoms with van der Waals surface area (Å²) in [4.78, 5) is 23.3. The summed E-state index contributed by atoms with van der Waals surface area (Å²) in [5, 5.41) is 3.92. The van der Waals surface area contributed by atoms with Crippen LogP contribution in [0, 0.1) is 0 Å². The summed E-state index contributed by atoms with van der Waals surface area (Å²) < 4.78 is 20.1. The molecule has 2 rings (SSSR count). The molecule has 142 valence electrons. The van der Waals surface area contributed by atoms with E-state index < -0.39 is 11.9 Å². The lowest BCUT2D eigenvalue weighted by molar-refractivity contribution is -0.142. The fourth-order valence-corrected chi connectivity index (χ4v) is 2.09. The van der Waals surface area contributed by atoms with Gasteiger partial charge in [-0.05, 0) is 35.9 Å². The molecule has 8 nitrogen and oxygen atoms in total. The summed E-state index contributed by atoms with van der Waals surface area (Å²) >= 11 is 0. The summed E-state index contributed by atoms with van der Waals surface area (Å²) in [7, 11) is 4.30. The van der Waals surface area contributed by atoms with E-state index in [1.165, 1.54) is 27.5 Å². The summed E-state index contributed by atoms with van der Waals surface area (Å²) in [6, 6.07) is 11.7. The first kappa shape index (κ1) is 19.8. The molecule has 0 radical (unpaired) electrons. The van der Waals surface area contributed by atoms with Crippen LogP contribution in [0.15, 0.2) is 47.6 Å². The summed E-state index contributed by atoms with van der Waals surface area (Å²) in [6.45, 7) is -0.187. The maximum absolute atomic E-state index is 12.2. The zero-order chi connectivity index (χ0) is 19.6. The van der Waals surface area contributed by atoms with Crippen LogP contribution < -0.4 is 19.6 Å². The van der Waals surface area contributed by atoms with Crippen molar-refractivity contribution in [1.29, 1.82) is 0 Å². The molecular weight excluding hydrogens is 352 g/mol. The third kappa shape index (κ3) is 5.74. The second-order valence-corrected chi connectivity index (χ2v) is 5.21. The Hall–Kier alpha value is -3.55. The smallest absolute Gasteiger partial charge is 0.343 e. The SMILES string of the molecule is COC(=O)COc1cccc(/C=N/NC(=O)c2ccc(OC)c(OC)c2)c1. The number of nitrogens with one attached hydrogen (secondary N) is 1. The molecule has 0 aliphatic rings. The van der Waals surface area contributed by atoms with Crippen LogP contribution >= 0.6 is 0 Å². The molecule has 0 unspecified atom stereocenters. The number of carbonyl (C=O) groups is 2. The normalized spacial score (nSPS) is 10.3. The molecule has 0 aliphatic carbocycles. The Kier molecular flexibility index (Phi) is 7.18. The molecule has 0 aromatic heterocycles. The van der Waals surface area contributed by atoms with Crippen molar-refractivity contribution in [3.63, 3.8) is 0 Å². The van der Waals surface area contributed by atoms with Crippen LogP contribution in [0.5, 0.6) is 17.2 Å². The van der Waals surface area contributed by atoms with Gasteiger partial charge in [0.25, 0.3) is 5.91 Å². The maximum atomic E-state index is 12.2. The lowest BCUT2D eigenvalue weighted by Gasteiger charge is -2.08. The van der Waals surface area contributed by atoms with Gasteiger partial charge in [-0.3, -0.25) is 4.79 Å². The van der Waals surface area contributed by atoms with Gasteiger partial charge in [-0.15, -0.1) is 0 Å². The molecule has 0 aliphatic heterocycles. The third-order valence-corrected chi connectivity index (χ3v) is 3.47. The molecule has 2 aromatic carbocycles. The van der Waals surface area contributed by atoms with E-state index in [1.807, 2.05) is 0 Å². The van der Waals surface area contributed by atoms with Gasteiger partial charge in [-0.1, -0.05) is 12.1 Å². The molecule has 2 aromatic rings. The Morgan fingerprint density at radius 3 is 2.52 bits per heavy atom. The fraction of sp³-hybridized carbons (Fsp3) is 0.211. The largest absolute Gasteiger partial charge is 0.493 e. The topological polar surface area (TPSA) is 95.5 Å². The zero-order valence-electron chi connectivity index (χ0n) is 15.2. The third-order valence-electron chi connectivity index (χ3n) is 3.47. The molecule has 0 saturated carbocycles. The van der Waals surface area contributed by atoms with Gasteiger partial charge in [0.15, 0.2) is 18.1 Å². The Morgan fingerprint density at radius 2 is 1.81 bits per heavy atom. The van der Waals surface area contributed by atoms with E-state index in [0.717, 1.165) is 0 Å². The van der Waals surface area contributed by atoms with Crippen molar-refractivity contribution in [1.82, 2.24) is 5.43 Å². The van der Waals surface area contributed by atoms with Crippen LogP contribution in [-0.2, 0) is 9.53 Å². The van der Waals surface area contributed by atoms with Gasteiger partial charge < -0.3 is 18.9 Å². The Bertz CT molecular complexity index is 835. The van der Waals surface area contributed by atoms with Crippen molar-refractivity contribution >= 4 is 18.1 Å². The number of ether oxygens (including phenoxy) is 4. The minimum absolute atomic E-state index is 0.187. The van der Waals surface area contributed by atoms with Gasteiger partial charge in [-0.2, -0.15) is 5.10 Å². The van der Waals surface area contributed by atoms with Gasteiger partial charge in [0.05, 0.1) is 27.5 Å². The van der Waals surface area contributed by atoms with Crippen LogP contribution in [0.4, 0.5) is 0 Å². The summed E-state index contributed by atoms with van der Waals surface area (Å²) in [6.07, 6.45) is 1.46. The molecule has 0 atom stereocenters. The van der Waals surface area contributed by atoms with Gasteiger partial charge in [0.2, 0.25) is 0 Å². The number of hydrogen-bond acceptors (Lipinski definition) is 7. The number of hydrogen-bond donors (Lipinski definition) is 1. The first-order valence-electron chi connectivity index (χ1n) is 7.92. The Labute approximate surface area is 156 Å². The molecule has 0 spiro atoms. The monoisotopic (exact) mass is 372 g/mol. The standard InChI is InChI=1S/C19H20N2O6/c1-24-16-8-7-14(10-17(16)25-2)19(23)21-20-11-13-5-4-6-15(9-13)27-12-18(22)26-3/h4-11H,12H2,1-3H3,(H,21,23)/b20-11+. The number of amides is 1. The van der Waals surface area contributed by atoms with Gasteiger partial charge in [0, 0.05) is 5.56 Å². The molecule has 0 fully saturated rings. The fourth-order valence-electron chi connectivity index (χ4n) is 2.09. The van der Waals surface area contributed by atoms with Gasteiger partial charge in [0.1, 0.15) is 5.75 Å². The first-order chi connectivity index (χ1) is 13.1. The van der Waals surface area contributed by atoms with Crippen molar-refractivity contribution in [3.8, 4) is 17.2 Å². The van der Waals surface area contributed by atoms with E-state index in [0.29, 0.717) is 28.4 Å². The van der Waals surface area contributed by atoms with Crippen LogP contribution in [0.2, 0.25) is 0 Å². The molecule has 1 amide bonds. The predicted molar refractivity (Wildman–Crippen MR) is 98.6 cm³/mol. The van der Waals surface area contributed by atoms with Gasteiger partial charge in [-0.25, -0.2) is 10.2 Å². The molecule has 27 heavy (non-hydrogen) atoms. The average Bonchev–Trinajstić information content (AvgIpc) is 2.71. The van der Waals surface area contributed by atoms with E-state index in [1.54, 1.807) is 42.5 Å². The van der Waals surface area contributed by atoms with Crippen molar-refractivity contribution in [2.45, 2.75) is 0 Å². The lowest BCUT2D eigenvalue weighted by atomic mass is 10.2. The van der Waals surface area contributed by atoms with E-state index in [2.05, 4.69) is 15.3 Å². The van der Waals surface area contributed by atoms with Gasteiger partial charge >= 0.3 is 5.97 Å². The highest BCUT2D eigenvalue weighted by molar-refractivity contribution is 5.95. The van der Waals surface area contributed by atoms with Crippen LogP contribution in [0.1, 0.15) is 15.9 Å². The summed E-state index contributed by atoms with van der Waals surface area (Å²) in [5.41, 5.74) is 3.49. The molecular formula is C19H20N2O6. The molecule has 0 saturated heterocycles. The quantitative estimate of drug-likeness (QED) is 0.433. The minimum Gasteiger partial charge on any atom is -0.493 e. The highest BCUT2D eigenvalue weighted by atomic mass is 16.6. The second-order valence-electron chi connectivity index (χ2n) is 5.21. The molecule has 0 bridgehead atoms. The first-order valence-corrected chi connectivity index (χ1v) is 7.92. The van der Waals surface area contributed by atoms with Crippen molar-refractivity contribution in [3.05, 3.63) is 53.6 Å². The molecule has 1 N–H and O–H groups in total. The summed E-state index contributed by atoms with van der Waals surface area (Å²) in [5.74, 6) is 0.586. The number of rotatable bonds is 8. The predicted octanol–water partition coefficient (Wildman–Crippen LogP) is 2.02. The highest BCUT2D eigenvalue weighted by Crippen LogP contribution is 2.27. The Morgan fingerprint density at radius 1 is 1.04 bits per heavy atom. The van der Waals surface area contributed by atoms with E-state index >= 15 is 0 Å². The number of carbonyl (C=O) groups excluding carboxylic acids is 2. The van der Waals surface area contributed by atoms with E-state index in [9.17, 15) is 9.59 Å².